The Bertz CT molecular complexity index is 1070. The highest BCUT2D eigenvalue weighted by molar-refractivity contribution is 5.96. The van der Waals surface area contributed by atoms with Gasteiger partial charge in [0.15, 0.2) is 5.69 Å². The number of carbonyl (C=O) groups is 2. The van der Waals surface area contributed by atoms with E-state index in [0.717, 1.165) is 18.7 Å². The van der Waals surface area contributed by atoms with Crippen molar-refractivity contribution in [2.24, 2.45) is 0 Å². The average molecular weight is 422 g/mol. The summed E-state index contributed by atoms with van der Waals surface area (Å²) in [6.07, 6.45) is 0.770. The van der Waals surface area contributed by atoms with Crippen molar-refractivity contribution in [3.63, 3.8) is 0 Å². The lowest BCUT2D eigenvalue weighted by Gasteiger charge is -2.24. The van der Waals surface area contributed by atoms with Crippen LogP contribution < -0.4 is 4.90 Å². The van der Waals surface area contributed by atoms with Gasteiger partial charge in [0.2, 0.25) is 0 Å². The monoisotopic (exact) mass is 422 g/mol. The van der Waals surface area contributed by atoms with Crippen LogP contribution in [0.3, 0.4) is 0 Å². The van der Waals surface area contributed by atoms with Gasteiger partial charge in [-0.2, -0.15) is 5.10 Å². The number of esters is 1. The van der Waals surface area contributed by atoms with Crippen LogP contribution in [0.5, 0.6) is 0 Å². The third kappa shape index (κ3) is 4.42. The first-order valence-electron chi connectivity index (χ1n) is 10.1. The van der Waals surface area contributed by atoms with Crippen molar-refractivity contribution < 1.29 is 18.7 Å². The minimum absolute atomic E-state index is 0.0810. The maximum Gasteiger partial charge on any atom is 0.358 e. The van der Waals surface area contributed by atoms with Gasteiger partial charge in [-0.15, -0.1) is 0 Å². The van der Waals surface area contributed by atoms with Crippen molar-refractivity contribution in [2.45, 2.75) is 6.42 Å². The lowest BCUT2D eigenvalue weighted by molar-refractivity contribution is 0.0593. The van der Waals surface area contributed by atoms with Gasteiger partial charge >= 0.3 is 5.97 Å². The van der Waals surface area contributed by atoms with Crippen molar-refractivity contribution >= 4 is 17.6 Å². The number of rotatable bonds is 4. The van der Waals surface area contributed by atoms with Crippen LogP contribution in [0, 0.1) is 5.82 Å². The van der Waals surface area contributed by atoms with E-state index in [1.54, 1.807) is 17.0 Å². The van der Waals surface area contributed by atoms with Crippen LogP contribution >= 0.6 is 0 Å². The molecular weight excluding hydrogens is 399 g/mol. The van der Waals surface area contributed by atoms with Crippen LogP contribution in [-0.2, 0) is 4.74 Å². The van der Waals surface area contributed by atoms with Gasteiger partial charge in [-0.1, -0.05) is 18.2 Å². The number of methoxy groups -OCH3 is 1. The van der Waals surface area contributed by atoms with E-state index in [2.05, 4.69) is 10.00 Å². The van der Waals surface area contributed by atoms with E-state index < -0.39 is 5.97 Å². The Morgan fingerprint density at radius 1 is 0.935 bits per heavy atom. The number of nitrogens with zero attached hydrogens (tertiary/aromatic N) is 4. The van der Waals surface area contributed by atoms with Crippen LogP contribution in [0.1, 0.15) is 27.4 Å². The van der Waals surface area contributed by atoms with Crippen LogP contribution in [0.15, 0.2) is 60.7 Å². The number of hydrogen-bond acceptors (Lipinski definition) is 5. The first-order chi connectivity index (χ1) is 15.1. The van der Waals surface area contributed by atoms with E-state index in [9.17, 15) is 14.0 Å². The van der Waals surface area contributed by atoms with Gasteiger partial charge in [0.05, 0.1) is 12.8 Å². The lowest BCUT2D eigenvalue weighted by Crippen LogP contribution is -2.36. The van der Waals surface area contributed by atoms with E-state index in [1.165, 1.54) is 30.0 Å². The van der Waals surface area contributed by atoms with Crippen molar-refractivity contribution in [1.82, 2.24) is 14.7 Å². The van der Waals surface area contributed by atoms with Gasteiger partial charge in [0, 0.05) is 37.9 Å². The number of carbonyl (C=O) groups excluding carboxylic acids is 2. The molecule has 3 aromatic rings. The number of ether oxygens (including phenoxy) is 1. The average Bonchev–Trinajstić information content (AvgIpc) is 3.11. The first-order valence-corrected chi connectivity index (χ1v) is 10.1. The number of para-hydroxylation sites is 1. The Kier molecular flexibility index (Phi) is 5.97. The molecule has 7 nitrogen and oxygen atoms in total. The molecule has 0 aliphatic carbocycles. The van der Waals surface area contributed by atoms with Crippen molar-refractivity contribution in [1.29, 1.82) is 0 Å². The molecule has 1 aromatic heterocycles. The number of anilines is 1. The fraction of sp³-hybridized carbons (Fsp3) is 0.261. The maximum atomic E-state index is 13.4. The van der Waals surface area contributed by atoms with E-state index in [4.69, 9.17) is 4.74 Å². The lowest BCUT2D eigenvalue weighted by atomic mass is 10.2. The molecule has 0 bridgehead atoms. The molecule has 160 valence electrons. The predicted octanol–water partition coefficient (Wildman–Crippen LogP) is 3.15. The van der Waals surface area contributed by atoms with Crippen LogP contribution in [0.25, 0.3) is 5.69 Å². The number of amides is 1. The molecule has 1 saturated heterocycles. The van der Waals surface area contributed by atoms with Gasteiger partial charge in [-0.25, -0.2) is 13.9 Å². The van der Waals surface area contributed by atoms with Gasteiger partial charge in [-0.05, 0) is 42.8 Å². The second kappa shape index (κ2) is 8.99. The van der Waals surface area contributed by atoms with Gasteiger partial charge in [0.1, 0.15) is 11.5 Å². The second-order valence-corrected chi connectivity index (χ2v) is 7.26. The summed E-state index contributed by atoms with van der Waals surface area (Å²) in [6.45, 7) is 2.47. The van der Waals surface area contributed by atoms with Crippen molar-refractivity contribution in [3.8, 4) is 5.69 Å². The Morgan fingerprint density at radius 2 is 1.68 bits per heavy atom. The molecule has 2 heterocycles. The molecular formula is C23H23FN4O3. The summed E-state index contributed by atoms with van der Waals surface area (Å²) in [7, 11) is 1.28. The van der Waals surface area contributed by atoms with E-state index in [0.29, 0.717) is 31.0 Å². The number of hydrogen-bond donors (Lipinski definition) is 0. The Hall–Kier alpha value is -3.68. The van der Waals surface area contributed by atoms with Gasteiger partial charge in [0.25, 0.3) is 5.91 Å². The highest BCUT2D eigenvalue weighted by atomic mass is 19.1. The van der Waals surface area contributed by atoms with Crippen molar-refractivity contribution in [2.75, 3.05) is 38.2 Å². The molecule has 0 spiro atoms. The normalized spacial score (nSPS) is 14.3. The molecule has 31 heavy (non-hydrogen) atoms. The quantitative estimate of drug-likeness (QED) is 0.605. The fourth-order valence-corrected chi connectivity index (χ4v) is 3.70. The molecule has 0 N–H and O–H groups in total. The van der Waals surface area contributed by atoms with E-state index >= 15 is 0 Å². The second-order valence-electron chi connectivity index (χ2n) is 7.26. The Balaban J connectivity index is 1.58. The summed E-state index contributed by atoms with van der Waals surface area (Å²) in [4.78, 5) is 29.3. The molecule has 1 aliphatic rings. The molecule has 0 saturated carbocycles. The number of aromatic nitrogens is 2. The maximum absolute atomic E-state index is 13.4. The standard InChI is InChI=1S/C23H23FN4O3/c1-31-23(30)20-16-21(28(25-20)19-6-3-2-4-7-19)22(29)27-13-5-12-26(14-15-27)18-10-8-17(24)9-11-18/h2-4,6-11,16H,5,12-15H2,1H3. The van der Waals surface area contributed by atoms with E-state index in [-0.39, 0.29) is 17.4 Å². The minimum Gasteiger partial charge on any atom is -0.464 e. The molecule has 1 amide bonds. The SMILES string of the molecule is COC(=O)c1cc(C(=O)N2CCCN(c3ccc(F)cc3)CC2)n(-c2ccccc2)n1. The molecule has 8 heteroatoms. The summed E-state index contributed by atoms with van der Waals surface area (Å²) < 4.78 is 19.5. The minimum atomic E-state index is -0.595. The molecule has 1 fully saturated rings. The topological polar surface area (TPSA) is 67.7 Å². The zero-order valence-electron chi connectivity index (χ0n) is 17.2. The summed E-state index contributed by atoms with van der Waals surface area (Å²) in [6, 6.07) is 17.1. The molecule has 0 radical (unpaired) electrons. The summed E-state index contributed by atoms with van der Waals surface area (Å²) in [5.74, 6) is -1.07. The van der Waals surface area contributed by atoms with Crippen LogP contribution in [0.2, 0.25) is 0 Å². The molecule has 4 rings (SSSR count). The fourth-order valence-electron chi connectivity index (χ4n) is 3.70. The molecule has 0 unspecified atom stereocenters. The van der Waals surface area contributed by atoms with Gasteiger partial charge < -0.3 is 14.5 Å². The Morgan fingerprint density at radius 3 is 2.39 bits per heavy atom. The number of halogens is 1. The van der Waals surface area contributed by atoms with Gasteiger partial charge in [-0.3, -0.25) is 4.79 Å². The third-order valence-electron chi connectivity index (χ3n) is 5.30. The van der Waals surface area contributed by atoms with Crippen molar-refractivity contribution in [3.05, 3.63) is 77.9 Å². The predicted molar refractivity (Wildman–Crippen MR) is 114 cm³/mol. The Labute approximate surface area is 179 Å². The zero-order chi connectivity index (χ0) is 21.8. The van der Waals surface area contributed by atoms with Crippen LogP contribution in [0.4, 0.5) is 10.1 Å². The summed E-state index contributed by atoms with van der Waals surface area (Å²) in [5, 5.41) is 4.31. The van der Waals surface area contributed by atoms with E-state index in [1.807, 2.05) is 30.3 Å². The highest BCUT2D eigenvalue weighted by Gasteiger charge is 2.26. The number of benzene rings is 2. The third-order valence-corrected chi connectivity index (χ3v) is 5.30. The molecule has 2 aromatic carbocycles. The smallest absolute Gasteiger partial charge is 0.358 e. The molecule has 1 aliphatic heterocycles. The zero-order valence-corrected chi connectivity index (χ0v) is 17.2. The summed E-state index contributed by atoms with van der Waals surface area (Å²) >= 11 is 0. The molecule has 0 atom stereocenters. The summed E-state index contributed by atoms with van der Waals surface area (Å²) in [5.41, 5.74) is 2.00. The highest BCUT2D eigenvalue weighted by Crippen LogP contribution is 2.20. The van der Waals surface area contributed by atoms with Crippen LogP contribution in [-0.4, -0.2) is 59.8 Å². The largest absolute Gasteiger partial charge is 0.464 e. The first kappa shape index (κ1) is 20.6.